The summed E-state index contributed by atoms with van der Waals surface area (Å²) in [5.74, 6) is 0.143. The molecule has 0 unspecified atom stereocenters. The molecule has 0 radical (unpaired) electrons. The van der Waals surface area contributed by atoms with Gasteiger partial charge in [0.25, 0.3) is 0 Å². The Hall–Kier alpha value is -5.11. The molecule has 0 spiro atoms. The molecule has 0 fully saturated rings. The van der Waals surface area contributed by atoms with Crippen LogP contribution in [0.1, 0.15) is 22.6 Å². The zero-order chi connectivity index (χ0) is 29.0. The van der Waals surface area contributed by atoms with Crippen LogP contribution in [0.5, 0.6) is 0 Å². The van der Waals surface area contributed by atoms with Crippen molar-refractivity contribution in [1.29, 1.82) is 0 Å². The average Bonchev–Trinajstić information content (AvgIpc) is 3.10. The van der Waals surface area contributed by atoms with Crippen LogP contribution in [0.3, 0.4) is 0 Å². The first-order valence-electron chi connectivity index (χ1n) is 15.2. The normalized spacial score (nSPS) is 12.8. The molecule has 0 atom stereocenters. The summed E-state index contributed by atoms with van der Waals surface area (Å²) >= 11 is 1.91. The Bertz CT molecular complexity index is 2260. The molecule has 1 aliphatic rings. The summed E-state index contributed by atoms with van der Waals surface area (Å²) in [4.78, 5) is 2.70. The maximum Gasteiger partial charge on any atom is 0.0374 e. The lowest BCUT2D eigenvalue weighted by atomic mass is 9.80. The van der Waals surface area contributed by atoms with Crippen molar-refractivity contribution in [3.05, 3.63) is 180 Å². The van der Waals surface area contributed by atoms with E-state index in [1.54, 1.807) is 0 Å². The summed E-state index contributed by atoms with van der Waals surface area (Å²) in [5, 5.41) is 7.83. The van der Waals surface area contributed by atoms with Gasteiger partial charge in [-0.1, -0.05) is 163 Å². The molecule has 44 heavy (non-hydrogen) atoms. The molecule has 9 rings (SSSR count). The highest BCUT2D eigenvalue weighted by Gasteiger charge is 2.31. The molecule has 0 N–H and O–H groups in total. The van der Waals surface area contributed by atoms with Crippen molar-refractivity contribution in [1.82, 2.24) is 0 Å². The van der Waals surface area contributed by atoms with Gasteiger partial charge in [0.2, 0.25) is 0 Å². The summed E-state index contributed by atoms with van der Waals surface area (Å²) in [7, 11) is 0. The molecule has 0 saturated heterocycles. The lowest BCUT2D eigenvalue weighted by Gasteiger charge is -2.31. The van der Waals surface area contributed by atoms with Crippen LogP contribution in [0.25, 0.3) is 54.6 Å². The van der Waals surface area contributed by atoms with Crippen molar-refractivity contribution in [3.63, 3.8) is 0 Å². The van der Waals surface area contributed by atoms with E-state index in [0.717, 1.165) is 0 Å². The lowest BCUT2D eigenvalue weighted by Crippen LogP contribution is -2.11. The quantitative estimate of drug-likeness (QED) is 0.202. The van der Waals surface area contributed by atoms with E-state index >= 15 is 0 Å². The first kappa shape index (κ1) is 25.4. The minimum absolute atomic E-state index is 0.143. The first-order chi connectivity index (χ1) is 21.8. The summed E-state index contributed by atoms with van der Waals surface area (Å²) in [6, 6.07) is 60.4. The largest absolute Gasteiger partial charge is 0.0894 e. The molecule has 1 heterocycles. The molecule has 1 aliphatic heterocycles. The highest BCUT2D eigenvalue weighted by molar-refractivity contribution is 7.99. The first-order valence-corrected chi connectivity index (χ1v) is 16.0. The highest BCUT2D eigenvalue weighted by Crippen LogP contribution is 2.53. The van der Waals surface area contributed by atoms with Gasteiger partial charge in [-0.3, -0.25) is 0 Å². The van der Waals surface area contributed by atoms with Gasteiger partial charge < -0.3 is 0 Å². The van der Waals surface area contributed by atoms with E-state index in [4.69, 9.17) is 0 Å². The van der Waals surface area contributed by atoms with Crippen LogP contribution in [-0.2, 0) is 0 Å². The van der Waals surface area contributed by atoms with E-state index in [9.17, 15) is 0 Å². The molecule has 1 heteroatoms. The maximum absolute atomic E-state index is 2.37. The van der Waals surface area contributed by atoms with E-state index in [-0.39, 0.29) is 5.92 Å². The topological polar surface area (TPSA) is 0 Å². The van der Waals surface area contributed by atoms with Gasteiger partial charge >= 0.3 is 0 Å². The fraction of sp³-hybridized carbons (Fsp3) is 0.0233. The fourth-order valence-corrected chi connectivity index (χ4v) is 8.38. The summed E-state index contributed by atoms with van der Waals surface area (Å²) < 4.78 is 0. The van der Waals surface area contributed by atoms with Gasteiger partial charge in [0.1, 0.15) is 0 Å². The third-order valence-corrected chi connectivity index (χ3v) is 10.4. The van der Waals surface area contributed by atoms with Crippen LogP contribution in [-0.4, -0.2) is 0 Å². The van der Waals surface area contributed by atoms with Crippen LogP contribution in [0, 0.1) is 0 Å². The average molecular weight is 577 g/mol. The second-order valence-electron chi connectivity index (χ2n) is 11.6. The zero-order valence-corrected chi connectivity index (χ0v) is 24.9. The monoisotopic (exact) mass is 576 g/mol. The van der Waals surface area contributed by atoms with Gasteiger partial charge in [-0.25, -0.2) is 0 Å². The standard InChI is InChI=1S/C43H28S/c1-2-10-28(11-3-1)33-24-25-34(38-17-9-8-16-37(33)38)31-18-20-32(21-19-31)41-42-35-14-6-4-12-29(35)22-26-39(42)44-40-27-23-30-13-5-7-15-36(30)43(40)41/h1-27,41H. The number of benzene rings is 8. The van der Waals surface area contributed by atoms with Gasteiger partial charge in [0, 0.05) is 15.7 Å². The van der Waals surface area contributed by atoms with Crippen LogP contribution >= 0.6 is 11.8 Å². The van der Waals surface area contributed by atoms with E-state index in [0.29, 0.717) is 0 Å². The SMILES string of the molecule is c1ccc(-c2ccc(-c3ccc(C4c5c(ccc6ccccc56)Sc5ccc6ccccc6c54)cc3)c3ccccc23)cc1. The van der Waals surface area contributed by atoms with E-state index in [1.807, 2.05) is 11.8 Å². The molecule has 0 amide bonds. The number of rotatable bonds is 3. The van der Waals surface area contributed by atoms with Gasteiger partial charge in [-0.05, 0) is 83.4 Å². The Morgan fingerprint density at radius 2 is 0.795 bits per heavy atom. The molecule has 8 aromatic rings. The molecular formula is C43H28S. The molecule has 0 aliphatic carbocycles. The van der Waals surface area contributed by atoms with Gasteiger partial charge in [0.15, 0.2) is 0 Å². The van der Waals surface area contributed by atoms with Crippen LogP contribution < -0.4 is 0 Å². The highest BCUT2D eigenvalue weighted by atomic mass is 32.2. The van der Waals surface area contributed by atoms with Crippen molar-refractivity contribution in [3.8, 4) is 22.3 Å². The zero-order valence-electron chi connectivity index (χ0n) is 24.1. The van der Waals surface area contributed by atoms with Gasteiger partial charge in [0.05, 0.1) is 0 Å². The Kier molecular flexibility index (Phi) is 5.92. The van der Waals surface area contributed by atoms with E-state index < -0.39 is 0 Å². The van der Waals surface area contributed by atoms with Gasteiger partial charge in [-0.2, -0.15) is 0 Å². The summed E-state index contributed by atoms with van der Waals surface area (Å²) in [6.45, 7) is 0. The molecule has 8 aromatic carbocycles. The Morgan fingerprint density at radius 1 is 0.341 bits per heavy atom. The third-order valence-electron chi connectivity index (χ3n) is 9.22. The summed E-state index contributed by atoms with van der Waals surface area (Å²) in [6.07, 6.45) is 0. The maximum atomic E-state index is 2.37. The minimum Gasteiger partial charge on any atom is -0.0894 e. The number of hydrogen-bond donors (Lipinski definition) is 0. The Labute approximate surface area is 261 Å². The fourth-order valence-electron chi connectivity index (χ4n) is 7.20. The third kappa shape index (κ3) is 4.01. The van der Waals surface area contributed by atoms with Crippen molar-refractivity contribution in [2.24, 2.45) is 0 Å². The Morgan fingerprint density at radius 3 is 1.34 bits per heavy atom. The van der Waals surface area contributed by atoms with Crippen LogP contribution in [0.4, 0.5) is 0 Å². The molecule has 0 saturated carbocycles. The van der Waals surface area contributed by atoms with Gasteiger partial charge in [-0.15, -0.1) is 0 Å². The lowest BCUT2D eigenvalue weighted by molar-refractivity contribution is 0.926. The van der Waals surface area contributed by atoms with E-state index in [2.05, 4.69) is 164 Å². The second kappa shape index (κ2) is 10.3. The smallest absolute Gasteiger partial charge is 0.0374 e. The van der Waals surface area contributed by atoms with Crippen molar-refractivity contribution < 1.29 is 0 Å². The van der Waals surface area contributed by atoms with Crippen molar-refractivity contribution in [2.45, 2.75) is 15.7 Å². The van der Waals surface area contributed by atoms with Crippen molar-refractivity contribution in [2.75, 3.05) is 0 Å². The second-order valence-corrected chi connectivity index (χ2v) is 12.7. The predicted octanol–water partition coefficient (Wildman–Crippen LogP) is 12.1. The van der Waals surface area contributed by atoms with Crippen molar-refractivity contribution >= 4 is 44.1 Å². The minimum atomic E-state index is 0.143. The summed E-state index contributed by atoms with van der Waals surface area (Å²) in [5.41, 5.74) is 9.19. The molecular weight excluding hydrogens is 549 g/mol. The molecule has 0 nitrogen and oxygen atoms in total. The molecule has 0 aromatic heterocycles. The number of fused-ring (bicyclic) bond motifs is 7. The Balaban J connectivity index is 1.23. The number of hydrogen-bond acceptors (Lipinski definition) is 1. The predicted molar refractivity (Wildman–Crippen MR) is 188 cm³/mol. The van der Waals surface area contributed by atoms with Crippen LogP contribution in [0.2, 0.25) is 0 Å². The molecule has 0 bridgehead atoms. The molecule has 206 valence electrons. The van der Waals surface area contributed by atoms with Crippen LogP contribution in [0.15, 0.2) is 174 Å². The van der Waals surface area contributed by atoms with E-state index in [1.165, 1.54) is 81.1 Å².